The first-order chi connectivity index (χ1) is 17.4. The molecule has 2 aromatic carbocycles. The number of hydrogen-bond acceptors (Lipinski definition) is 6. The van der Waals surface area contributed by atoms with Gasteiger partial charge in [0, 0.05) is 10.7 Å². The number of carbonyl (C=O) groups excluding carboxylic acids is 1. The summed E-state index contributed by atoms with van der Waals surface area (Å²) in [5.74, 6) is 1.20. The Morgan fingerprint density at radius 3 is 2.61 bits per heavy atom. The number of ether oxygens (including phenoxy) is 2. The molecule has 184 valence electrons. The SMILES string of the molecule is CCCOc1ccc(C2c3c(oc4ccc(Br)cc4c3=O)C(=O)N2c2cc(C)ccn2)cc1OCC. The highest BCUT2D eigenvalue weighted by Gasteiger charge is 2.44. The minimum absolute atomic E-state index is 0.0207. The summed E-state index contributed by atoms with van der Waals surface area (Å²) in [5.41, 5.74) is 2.00. The molecule has 0 radical (unpaired) electrons. The third kappa shape index (κ3) is 4.15. The van der Waals surface area contributed by atoms with Crippen molar-refractivity contribution in [1.29, 1.82) is 0 Å². The number of aryl methyl sites for hydroxylation is 1. The van der Waals surface area contributed by atoms with Crippen molar-refractivity contribution in [2.24, 2.45) is 0 Å². The summed E-state index contributed by atoms with van der Waals surface area (Å²) in [6.45, 7) is 6.84. The van der Waals surface area contributed by atoms with Crippen molar-refractivity contribution in [3.05, 3.63) is 91.9 Å². The Balaban J connectivity index is 1.76. The maximum atomic E-state index is 13.8. The number of halogens is 1. The van der Waals surface area contributed by atoms with E-state index in [1.165, 1.54) is 4.90 Å². The summed E-state index contributed by atoms with van der Waals surface area (Å²) in [6, 6.07) is 13.6. The Kier molecular flexibility index (Phi) is 6.53. The molecule has 7 nitrogen and oxygen atoms in total. The van der Waals surface area contributed by atoms with Crippen LogP contribution in [0.15, 0.2) is 68.4 Å². The number of aromatic nitrogens is 1. The van der Waals surface area contributed by atoms with Gasteiger partial charge in [0.2, 0.25) is 5.76 Å². The van der Waals surface area contributed by atoms with Crippen LogP contribution in [0.4, 0.5) is 5.82 Å². The van der Waals surface area contributed by atoms with E-state index in [1.807, 2.05) is 51.1 Å². The lowest BCUT2D eigenvalue weighted by Crippen LogP contribution is -2.30. The van der Waals surface area contributed by atoms with Gasteiger partial charge in [0.05, 0.1) is 30.2 Å². The number of carbonyl (C=O) groups is 1. The summed E-state index contributed by atoms with van der Waals surface area (Å²) in [4.78, 5) is 33.6. The van der Waals surface area contributed by atoms with Crippen molar-refractivity contribution in [3.8, 4) is 11.5 Å². The fraction of sp³-hybridized carbons (Fsp3) is 0.250. The molecule has 1 atom stereocenters. The number of fused-ring (bicyclic) bond motifs is 2. The molecule has 36 heavy (non-hydrogen) atoms. The van der Waals surface area contributed by atoms with E-state index in [-0.39, 0.29) is 16.8 Å². The molecule has 0 bridgehead atoms. The first-order valence-electron chi connectivity index (χ1n) is 11.8. The number of amides is 1. The molecular formula is C28H25BrN2O5. The van der Waals surface area contributed by atoms with E-state index in [0.29, 0.717) is 47.1 Å². The van der Waals surface area contributed by atoms with Crippen LogP contribution >= 0.6 is 15.9 Å². The van der Waals surface area contributed by atoms with E-state index in [0.717, 1.165) is 16.5 Å². The number of nitrogens with zero attached hydrogens (tertiary/aromatic N) is 2. The number of rotatable bonds is 7. The molecule has 1 aliphatic rings. The highest BCUT2D eigenvalue weighted by molar-refractivity contribution is 9.10. The quantitative estimate of drug-likeness (QED) is 0.273. The summed E-state index contributed by atoms with van der Waals surface area (Å²) in [6.07, 6.45) is 2.50. The van der Waals surface area contributed by atoms with Crippen LogP contribution in [0, 0.1) is 6.92 Å². The number of hydrogen-bond donors (Lipinski definition) is 0. The number of pyridine rings is 1. The zero-order valence-corrected chi connectivity index (χ0v) is 21.8. The van der Waals surface area contributed by atoms with Crippen LogP contribution in [0.3, 0.4) is 0 Å². The van der Waals surface area contributed by atoms with Crippen LogP contribution < -0.4 is 19.8 Å². The zero-order chi connectivity index (χ0) is 25.4. The Hall–Kier alpha value is -3.65. The average Bonchev–Trinajstić information content (AvgIpc) is 3.16. The van der Waals surface area contributed by atoms with Gasteiger partial charge in [-0.15, -0.1) is 0 Å². The fourth-order valence-corrected chi connectivity index (χ4v) is 4.80. The predicted molar refractivity (Wildman–Crippen MR) is 141 cm³/mol. The maximum absolute atomic E-state index is 13.8. The molecule has 1 amide bonds. The van der Waals surface area contributed by atoms with E-state index in [1.54, 1.807) is 24.4 Å². The van der Waals surface area contributed by atoms with Gasteiger partial charge in [-0.25, -0.2) is 4.98 Å². The lowest BCUT2D eigenvalue weighted by molar-refractivity contribution is 0.0970. The molecular weight excluding hydrogens is 524 g/mol. The van der Waals surface area contributed by atoms with Crippen LogP contribution in [-0.2, 0) is 0 Å². The van der Waals surface area contributed by atoms with Crippen molar-refractivity contribution >= 4 is 38.6 Å². The molecule has 1 unspecified atom stereocenters. The minimum atomic E-state index is -0.749. The van der Waals surface area contributed by atoms with Crippen LogP contribution in [-0.4, -0.2) is 24.1 Å². The van der Waals surface area contributed by atoms with E-state index >= 15 is 0 Å². The minimum Gasteiger partial charge on any atom is -0.490 e. The Bertz CT molecular complexity index is 1530. The molecule has 0 aliphatic carbocycles. The lowest BCUT2D eigenvalue weighted by Gasteiger charge is -2.25. The monoisotopic (exact) mass is 548 g/mol. The van der Waals surface area contributed by atoms with Gasteiger partial charge in [-0.3, -0.25) is 14.5 Å². The molecule has 5 rings (SSSR count). The highest BCUT2D eigenvalue weighted by atomic mass is 79.9. The molecule has 8 heteroatoms. The summed E-state index contributed by atoms with van der Waals surface area (Å²) < 4.78 is 18.5. The third-order valence-electron chi connectivity index (χ3n) is 6.03. The molecule has 2 aromatic heterocycles. The third-order valence-corrected chi connectivity index (χ3v) is 6.52. The Labute approximate surface area is 216 Å². The summed E-state index contributed by atoms with van der Waals surface area (Å²) in [7, 11) is 0. The van der Waals surface area contributed by atoms with Gasteiger partial charge >= 0.3 is 0 Å². The van der Waals surface area contributed by atoms with Crippen molar-refractivity contribution < 1.29 is 18.7 Å². The van der Waals surface area contributed by atoms with Crippen LogP contribution in [0.2, 0.25) is 0 Å². The lowest BCUT2D eigenvalue weighted by atomic mass is 9.98. The van der Waals surface area contributed by atoms with Gasteiger partial charge in [0.1, 0.15) is 11.4 Å². The van der Waals surface area contributed by atoms with Gasteiger partial charge < -0.3 is 13.9 Å². The van der Waals surface area contributed by atoms with Crippen molar-refractivity contribution in [3.63, 3.8) is 0 Å². The predicted octanol–water partition coefficient (Wildman–Crippen LogP) is 6.20. The van der Waals surface area contributed by atoms with Crippen LogP contribution in [0.5, 0.6) is 11.5 Å². The summed E-state index contributed by atoms with van der Waals surface area (Å²) >= 11 is 3.43. The Morgan fingerprint density at radius 2 is 1.86 bits per heavy atom. The second-order valence-corrected chi connectivity index (χ2v) is 9.49. The van der Waals surface area contributed by atoms with Crippen molar-refractivity contribution in [1.82, 2.24) is 4.98 Å². The van der Waals surface area contributed by atoms with Gasteiger partial charge in [-0.2, -0.15) is 0 Å². The van der Waals surface area contributed by atoms with Gasteiger partial charge in [-0.05, 0) is 73.9 Å². The number of anilines is 1. The molecule has 0 saturated heterocycles. The fourth-order valence-electron chi connectivity index (χ4n) is 4.44. The van der Waals surface area contributed by atoms with Gasteiger partial charge in [0.25, 0.3) is 5.91 Å². The van der Waals surface area contributed by atoms with Gasteiger partial charge in [-0.1, -0.05) is 28.9 Å². The topological polar surface area (TPSA) is 81.9 Å². The molecule has 0 N–H and O–H groups in total. The van der Waals surface area contributed by atoms with E-state index < -0.39 is 11.9 Å². The van der Waals surface area contributed by atoms with Crippen LogP contribution in [0.1, 0.15) is 53.6 Å². The first kappa shape index (κ1) is 24.1. The van der Waals surface area contributed by atoms with Crippen LogP contribution in [0.25, 0.3) is 11.0 Å². The van der Waals surface area contributed by atoms with Crippen molar-refractivity contribution in [2.75, 3.05) is 18.1 Å². The largest absolute Gasteiger partial charge is 0.490 e. The zero-order valence-electron chi connectivity index (χ0n) is 20.2. The summed E-state index contributed by atoms with van der Waals surface area (Å²) in [5, 5.41) is 0.396. The molecule has 4 aromatic rings. The first-order valence-corrected chi connectivity index (χ1v) is 12.6. The normalized spacial score (nSPS) is 14.8. The Morgan fingerprint density at radius 1 is 1.03 bits per heavy atom. The highest BCUT2D eigenvalue weighted by Crippen LogP contribution is 2.43. The average molecular weight is 549 g/mol. The van der Waals surface area contributed by atoms with Gasteiger partial charge in [0.15, 0.2) is 16.9 Å². The molecule has 0 spiro atoms. The second-order valence-electron chi connectivity index (χ2n) is 8.57. The van der Waals surface area contributed by atoms with E-state index in [2.05, 4.69) is 20.9 Å². The smallest absolute Gasteiger partial charge is 0.296 e. The molecule has 0 fully saturated rings. The van der Waals surface area contributed by atoms with E-state index in [4.69, 9.17) is 13.9 Å². The number of benzene rings is 2. The molecule has 3 heterocycles. The molecule has 1 aliphatic heterocycles. The standard InChI is InChI=1S/C28H25BrN2O5/c1-4-12-35-21-8-6-17(14-22(21)34-5-2)25-24-26(32)19-15-18(29)7-9-20(19)36-27(24)28(33)31(25)23-13-16(3)10-11-30-23/h6-11,13-15,25H,4-5,12H2,1-3H3. The second kappa shape index (κ2) is 9.78. The maximum Gasteiger partial charge on any atom is 0.296 e. The van der Waals surface area contributed by atoms with E-state index in [9.17, 15) is 9.59 Å². The van der Waals surface area contributed by atoms with Crippen molar-refractivity contribution in [2.45, 2.75) is 33.2 Å². The molecule has 0 saturated carbocycles.